The largest absolute Gasteiger partial charge is 0.305 e. The number of nitrogens with one attached hydrogen (secondary N) is 1. The maximum Gasteiger partial charge on any atom is 0.305 e. The van der Waals surface area contributed by atoms with Crippen LogP contribution in [-0.2, 0) is 0 Å². The van der Waals surface area contributed by atoms with Crippen molar-refractivity contribution in [1.82, 2.24) is 14.8 Å². The quantitative estimate of drug-likeness (QED) is 0.674. The number of amides is 1. The standard InChI is InChI=1S/C8H3F2N5O3S/c9-3-1-2-4(15(17)18)6(10)5(3)7(16)11-8-12-13-14-19-8/h1-2H,(H,11,12,14,16). The van der Waals surface area contributed by atoms with Crippen LogP contribution in [0, 0.1) is 21.7 Å². The predicted octanol–water partition coefficient (Wildman–Crippen LogP) is 1.37. The Labute approximate surface area is 107 Å². The maximum atomic E-state index is 13.7. The van der Waals surface area contributed by atoms with Gasteiger partial charge in [-0.2, -0.15) is 4.39 Å². The number of hydrogen-bond donors (Lipinski definition) is 1. The van der Waals surface area contributed by atoms with E-state index < -0.39 is 33.7 Å². The Morgan fingerprint density at radius 2 is 2.16 bits per heavy atom. The highest BCUT2D eigenvalue weighted by molar-refractivity contribution is 7.09. The number of aromatic nitrogens is 3. The van der Waals surface area contributed by atoms with Gasteiger partial charge in [-0.25, -0.2) is 4.39 Å². The first-order chi connectivity index (χ1) is 9.00. The van der Waals surface area contributed by atoms with Gasteiger partial charge in [0, 0.05) is 17.6 Å². The second kappa shape index (κ2) is 4.97. The van der Waals surface area contributed by atoms with Crippen molar-refractivity contribution < 1.29 is 18.5 Å². The molecule has 2 rings (SSSR count). The molecule has 19 heavy (non-hydrogen) atoms. The van der Waals surface area contributed by atoms with E-state index in [9.17, 15) is 23.7 Å². The molecule has 0 saturated carbocycles. The van der Waals surface area contributed by atoms with Crippen LogP contribution in [0.5, 0.6) is 0 Å². The summed E-state index contributed by atoms with van der Waals surface area (Å²) in [6.07, 6.45) is 0. The summed E-state index contributed by atoms with van der Waals surface area (Å²) >= 11 is 0.685. The molecule has 0 fully saturated rings. The molecular formula is C8H3F2N5O3S. The normalized spacial score (nSPS) is 10.2. The van der Waals surface area contributed by atoms with Crippen molar-refractivity contribution in [2.24, 2.45) is 0 Å². The highest BCUT2D eigenvalue weighted by Crippen LogP contribution is 2.23. The first-order valence-electron chi connectivity index (χ1n) is 4.59. The number of halogens is 2. The molecule has 0 radical (unpaired) electrons. The van der Waals surface area contributed by atoms with Crippen LogP contribution < -0.4 is 5.32 Å². The fourth-order valence-corrected chi connectivity index (χ4v) is 1.59. The number of nitro groups is 1. The lowest BCUT2D eigenvalue weighted by atomic mass is 10.1. The summed E-state index contributed by atoms with van der Waals surface area (Å²) in [6, 6.07) is 1.27. The second-order valence-corrected chi connectivity index (χ2v) is 3.87. The molecule has 1 amide bonds. The molecule has 1 aromatic carbocycles. The van der Waals surface area contributed by atoms with Crippen molar-refractivity contribution in [3.63, 3.8) is 0 Å². The van der Waals surface area contributed by atoms with Crippen LogP contribution in [0.3, 0.4) is 0 Å². The van der Waals surface area contributed by atoms with E-state index in [-0.39, 0.29) is 5.13 Å². The first kappa shape index (κ1) is 12.9. The molecule has 8 nitrogen and oxygen atoms in total. The average molecular weight is 287 g/mol. The van der Waals surface area contributed by atoms with Crippen molar-refractivity contribution in [1.29, 1.82) is 0 Å². The molecular weight excluding hydrogens is 284 g/mol. The second-order valence-electron chi connectivity index (χ2n) is 3.13. The molecule has 0 bridgehead atoms. The smallest absolute Gasteiger partial charge is 0.295 e. The first-order valence-corrected chi connectivity index (χ1v) is 5.37. The van der Waals surface area contributed by atoms with Gasteiger partial charge in [-0.15, -0.1) is 0 Å². The van der Waals surface area contributed by atoms with Gasteiger partial charge in [0.05, 0.1) is 4.92 Å². The summed E-state index contributed by atoms with van der Waals surface area (Å²) in [5, 5.41) is 19.0. The van der Waals surface area contributed by atoms with Gasteiger partial charge in [0.1, 0.15) is 11.4 Å². The zero-order chi connectivity index (χ0) is 14.0. The molecule has 0 saturated heterocycles. The van der Waals surface area contributed by atoms with E-state index in [1.54, 1.807) is 0 Å². The molecule has 0 unspecified atom stereocenters. The minimum Gasteiger partial charge on any atom is -0.295 e. The lowest BCUT2D eigenvalue weighted by Crippen LogP contribution is -2.16. The van der Waals surface area contributed by atoms with Gasteiger partial charge in [-0.1, -0.05) is 9.59 Å². The molecule has 0 spiro atoms. The fraction of sp³-hybridized carbons (Fsp3) is 0. The van der Waals surface area contributed by atoms with Gasteiger partial charge in [0.2, 0.25) is 10.9 Å². The summed E-state index contributed by atoms with van der Waals surface area (Å²) in [5.41, 5.74) is -2.06. The van der Waals surface area contributed by atoms with Crippen LogP contribution in [-0.4, -0.2) is 25.6 Å². The number of rotatable bonds is 3. The van der Waals surface area contributed by atoms with E-state index in [1.165, 1.54) is 0 Å². The summed E-state index contributed by atoms with van der Waals surface area (Å²) < 4.78 is 30.4. The molecule has 1 aromatic heterocycles. The van der Waals surface area contributed by atoms with E-state index in [0.29, 0.717) is 23.7 Å². The summed E-state index contributed by atoms with van der Waals surface area (Å²) in [4.78, 5) is 21.1. The third-order valence-electron chi connectivity index (χ3n) is 2.01. The molecule has 0 aliphatic carbocycles. The van der Waals surface area contributed by atoms with Gasteiger partial charge in [-0.3, -0.25) is 20.2 Å². The molecule has 0 atom stereocenters. The Balaban J connectivity index is 2.41. The van der Waals surface area contributed by atoms with Gasteiger partial charge >= 0.3 is 5.69 Å². The topological polar surface area (TPSA) is 111 Å². The molecule has 1 heterocycles. The molecule has 2 aromatic rings. The van der Waals surface area contributed by atoms with Crippen molar-refractivity contribution in [3.05, 3.63) is 39.4 Å². The monoisotopic (exact) mass is 287 g/mol. The van der Waals surface area contributed by atoms with Crippen LogP contribution in [0.1, 0.15) is 10.4 Å². The van der Waals surface area contributed by atoms with Crippen molar-refractivity contribution >= 4 is 28.3 Å². The number of nitro benzene ring substituents is 1. The van der Waals surface area contributed by atoms with E-state index in [1.807, 2.05) is 5.32 Å². The average Bonchev–Trinajstić information content (AvgIpc) is 2.81. The Bertz CT molecular complexity index is 648. The van der Waals surface area contributed by atoms with E-state index in [2.05, 4.69) is 14.8 Å². The Hall–Kier alpha value is -2.56. The highest BCUT2D eigenvalue weighted by Gasteiger charge is 2.26. The maximum absolute atomic E-state index is 13.7. The fourth-order valence-electron chi connectivity index (χ4n) is 1.23. The predicted molar refractivity (Wildman–Crippen MR) is 58.7 cm³/mol. The van der Waals surface area contributed by atoms with Crippen molar-refractivity contribution in [2.45, 2.75) is 0 Å². The number of anilines is 1. The molecule has 11 heteroatoms. The van der Waals surface area contributed by atoms with E-state index in [4.69, 9.17) is 0 Å². The van der Waals surface area contributed by atoms with Crippen LogP contribution in [0.15, 0.2) is 12.1 Å². The van der Waals surface area contributed by atoms with Crippen molar-refractivity contribution in [3.8, 4) is 0 Å². The minimum absolute atomic E-state index is 0.0877. The minimum atomic E-state index is -1.56. The molecule has 0 aliphatic heterocycles. The van der Waals surface area contributed by atoms with E-state index in [0.717, 1.165) is 0 Å². The zero-order valence-electron chi connectivity index (χ0n) is 8.83. The Morgan fingerprint density at radius 3 is 2.74 bits per heavy atom. The number of hydrogen-bond acceptors (Lipinski definition) is 7. The molecule has 0 aliphatic rings. The van der Waals surface area contributed by atoms with Crippen LogP contribution in [0.2, 0.25) is 0 Å². The summed E-state index contributed by atoms with van der Waals surface area (Å²) in [5.74, 6) is -3.99. The Kier molecular flexibility index (Phi) is 3.37. The van der Waals surface area contributed by atoms with Crippen LogP contribution in [0.25, 0.3) is 0 Å². The van der Waals surface area contributed by atoms with Crippen molar-refractivity contribution in [2.75, 3.05) is 5.32 Å². The zero-order valence-corrected chi connectivity index (χ0v) is 9.65. The van der Waals surface area contributed by atoms with Crippen LogP contribution in [0.4, 0.5) is 19.6 Å². The third kappa shape index (κ3) is 2.49. The number of benzene rings is 1. The SMILES string of the molecule is O=C(Nc1nnns1)c1c(F)ccc([N+](=O)[O-])c1F. The molecule has 98 valence electrons. The highest BCUT2D eigenvalue weighted by atomic mass is 32.1. The lowest BCUT2D eigenvalue weighted by Gasteiger charge is -2.04. The lowest BCUT2D eigenvalue weighted by molar-refractivity contribution is -0.387. The number of nitrogens with zero attached hydrogens (tertiary/aromatic N) is 4. The van der Waals surface area contributed by atoms with Gasteiger partial charge in [-0.05, 0) is 11.3 Å². The summed E-state index contributed by atoms with van der Waals surface area (Å²) in [7, 11) is 0. The third-order valence-corrected chi connectivity index (χ3v) is 2.53. The van der Waals surface area contributed by atoms with Gasteiger partial charge in [0.25, 0.3) is 5.91 Å². The van der Waals surface area contributed by atoms with Gasteiger partial charge < -0.3 is 0 Å². The number of carbonyl (C=O) groups is 1. The van der Waals surface area contributed by atoms with Crippen LogP contribution >= 0.6 is 11.5 Å². The Morgan fingerprint density at radius 1 is 1.42 bits per heavy atom. The molecule has 1 N–H and O–H groups in total. The van der Waals surface area contributed by atoms with Gasteiger partial charge in [0.15, 0.2) is 0 Å². The number of carbonyl (C=O) groups excluding carboxylic acids is 1. The summed E-state index contributed by atoms with van der Waals surface area (Å²) in [6.45, 7) is 0. The van der Waals surface area contributed by atoms with E-state index >= 15 is 0 Å².